The van der Waals surface area contributed by atoms with Crippen molar-refractivity contribution in [1.29, 1.82) is 0 Å². The van der Waals surface area contributed by atoms with Crippen LogP contribution in [-0.2, 0) is 6.42 Å². The molecule has 1 aliphatic rings. The molecule has 0 aliphatic heterocycles. The summed E-state index contributed by atoms with van der Waals surface area (Å²) in [4.78, 5) is 2.21. The highest BCUT2D eigenvalue weighted by Crippen LogP contribution is 2.39. The molecular formula is C21H24N4. The minimum absolute atomic E-state index is 0.960. The Hall–Kier alpha value is -2.59. The standard InChI is InChI=1S/C21H24N4/c1-25(2)13-5-12-22-17-10-8-15(9-11-17)20-19-14-16-6-3-4-7-18(16)21(19)24-23-20/h3-4,6-11,22H,5,12-14H2,1-2H3,(H,23,24). The van der Waals surface area contributed by atoms with Gasteiger partial charge in [-0.05, 0) is 44.8 Å². The van der Waals surface area contributed by atoms with Gasteiger partial charge < -0.3 is 10.2 Å². The number of hydrogen-bond donors (Lipinski definition) is 2. The third kappa shape index (κ3) is 3.17. The first-order chi connectivity index (χ1) is 12.2. The first-order valence-corrected chi connectivity index (χ1v) is 8.87. The van der Waals surface area contributed by atoms with Crippen molar-refractivity contribution in [2.24, 2.45) is 0 Å². The lowest BCUT2D eigenvalue weighted by molar-refractivity contribution is 0.405. The minimum atomic E-state index is 0.960. The van der Waals surface area contributed by atoms with Crippen molar-refractivity contribution in [1.82, 2.24) is 15.1 Å². The number of aromatic nitrogens is 2. The maximum atomic E-state index is 4.58. The quantitative estimate of drug-likeness (QED) is 0.524. The van der Waals surface area contributed by atoms with Gasteiger partial charge in [0, 0.05) is 35.3 Å². The number of anilines is 1. The van der Waals surface area contributed by atoms with E-state index < -0.39 is 0 Å². The molecule has 0 bridgehead atoms. The van der Waals surface area contributed by atoms with Crippen LogP contribution in [0, 0.1) is 0 Å². The Labute approximate surface area is 148 Å². The Bertz CT molecular complexity index is 862. The van der Waals surface area contributed by atoms with Gasteiger partial charge in [-0.15, -0.1) is 0 Å². The van der Waals surface area contributed by atoms with E-state index in [1.807, 2.05) is 0 Å². The zero-order valence-electron chi connectivity index (χ0n) is 14.8. The Kier molecular flexibility index (Phi) is 4.28. The Morgan fingerprint density at radius 3 is 2.68 bits per heavy atom. The Morgan fingerprint density at radius 2 is 1.88 bits per heavy atom. The van der Waals surface area contributed by atoms with Gasteiger partial charge in [0.1, 0.15) is 0 Å². The van der Waals surface area contributed by atoms with Gasteiger partial charge in [-0.2, -0.15) is 5.10 Å². The first kappa shape index (κ1) is 15.9. The topological polar surface area (TPSA) is 44.0 Å². The predicted molar refractivity (Wildman–Crippen MR) is 104 cm³/mol. The molecule has 2 aromatic carbocycles. The maximum Gasteiger partial charge on any atom is 0.0962 e. The van der Waals surface area contributed by atoms with Gasteiger partial charge in [-0.25, -0.2) is 0 Å². The zero-order valence-corrected chi connectivity index (χ0v) is 14.8. The molecule has 4 nitrogen and oxygen atoms in total. The van der Waals surface area contributed by atoms with Gasteiger partial charge >= 0.3 is 0 Å². The molecule has 2 N–H and O–H groups in total. The summed E-state index contributed by atoms with van der Waals surface area (Å²) in [5.74, 6) is 0. The van der Waals surface area contributed by atoms with Crippen LogP contribution < -0.4 is 5.32 Å². The molecule has 1 aromatic heterocycles. The number of nitrogens with one attached hydrogen (secondary N) is 2. The number of nitrogens with zero attached hydrogens (tertiary/aromatic N) is 2. The molecular weight excluding hydrogens is 308 g/mol. The summed E-state index contributed by atoms with van der Waals surface area (Å²) in [5, 5.41) is 11.3. The Balaban J connectivity index is 1.48. The van der Waals surface area contributed by atoms with Crippen LogP contribution in [-0.4, -0.2) is 42.3 Å². The van der Waals surface area contributed by atoms with E-state index in [2.05, 4.69) is 83.0 Å². The summed E-state index contributed by atoms with van der Waals surface area (Å²) in [6.07, 6.45) is 2.10. The summed E-state index contributed by atoms with van der Waals surface area (Å²) in [5.41, 5.74) is 8.57. The van der Waals surface area contributed by atoms with Crippen molar-refractivity contribution >= 4 is 5.69 Å². The van der Waals surface area contributed by atoms with Crippen molar-refractivity contribution in [2.45, 2.75) is 12.8 Å². The molecule has 25 heavy (non-hydrogen) atoms. The lowest BCUT2D eigenvalue weighted by Gasteiger charge is -2.11. The second kappa shape index (κ2) is 6.73. The van der Waals surface area contributed by atoms with Crippen molar-refractivity contribution < 1.29 is 0 Å². The molecule has 3 aromatic rings. The number of benzene rings is 2. The molecule has 4 rings (SSSR count). The van der Waals surface area contributed by atoms with Crippen LogP contribution >= 0.6 is 0 Å². The molecule has 128 valence electrons. The highest BCUT2D eigenvalue weighted by Gasteiger charge is 2.24. The van der Waals surface area contributed by atoms with Gasteiger partial charge in [0.25, 0.3) is 0 Å². The van der Waals surface area contributed by atoms with Crippen molar-refractivity contribution in [3.05, 3.63) is 59.7 Å². The summed E-state index contributed by atoms with van der Waals surface area (Å²) in [7, 11) is 4.21. The summed E-state index contributed by atoms with van der Waals surface area (Å²) < 4.78 is 0. The number of rotatable bonds is 6. The van der Waals surface area contributed by atoms with Gasteiger partial charge in [-0.1, -0.05) is 36.4 Å². The summed E-state index contributed by atoms with van der Waals surface area (Å²) in [6.45, 7) is 2.09. The lowest BCUT2D eigenvalue weighted by Crippen LogP contribution is -2.16. The summed E-state index contributed by atoms with van der Waals surface area (Å²) >= 11 is 0. The van der Waals surface area contributed by atoms with Gasteiger partial charge in [0.2, 0.25) is 0 Å². The molecule has 0 atom stereocenters. The van der Waals surface area contributed by atoms with Crippen molar-refractivity contribution in [2.75, 3.05) is 32.5 Å². The molecule has 0 spiro atoms. The zero-order chi connectivity index (χ0) is 17.2. The van der Waals surface area contributed by atoms with Crippen molar-refractivity contribution in [3.63, 3.8) is 0 Å². The van der Waals surface area contributed by atoms with Crippen LogP contribution in [0.4, 0.5) is 5.69 Å². The molecule has 0 saturated carbocycles. The third-order valence-electron chi connectivity index (χ3n) is 4.79. The molecule has 0 unspecified atom stereocenters. The molecule has 0 radical (unpaired) electrons. The normalized spacial score (nSPS) is 12.3. The van der Waals surface area contributed by atoms with Crippen LogP contribution in [0.25, 0.3) is 22.5 Å². The fraction of sp³-hybridized carbons (Fsp3) is 0.286. The van der Waals surface area contributed by atoms with Crippen LogP contribution in [0.1, 0.15) is 17.5 Å². The van der Waals surface area contributed by atoms with E-state index in [9.17, 15) is 0 Å². The van der Waals surface area contributed by atoms with E-state index >= 15 is 0 Å². The number of H-pyrrole nitrogens is 1. The van der Waals surface area contributed by atoms with Crippen LogP contribution in [0.2, 0.25) is 0 Å². The third-order valence-corrected chi connectivity index (χ3v) is 4.79. The minimum Gasteiger partial charge on any atom is -0.385 e. The largest absolute Gasteiger partial charge is 0.385 e. The van der Waals surface area contributed by atoms with E-state index in [0.717, 1.165) is 37.3 Å². The smallest absolute Gasteiger partial charge is 0.0962 e. The Morgan fingerprint density at radius 1 is 1.08 bits per heavy atom. The van der Waals surface area contributed by atoms with Crippen LogP contribution in [0.5, 0.6) is 0 Å². The van der Waals surface area contributed by atoms with Crippen LogP contribution in [0.3, 0.4) is 0 Å². The molecule has 4 heteroatoms. The molecule has 0 saturated heterocycles. The maximum absolute atomic E-state index is 4.58. The first-order valence-electron chi connectivity index (χ1n) is 8.87. The number of fused-ring (bicyclic) bond motifs is 3. The summed E-state index contributed by atoms with van der Waals surface area (Å²) in [6, 6.07) is 17.2. The average molecular weight is 332 g/mol. The molecule has 1 aliphatic carbocycles. The molecule has 0 amide bonds. The average Bonchev–Trinajstić information content (AvgIpc) is 3.18. The highest BCUT2D eigenvalue weighted by molar-refractivity contribution is 5.81. The van der Waals surface area contributed by atoms with Gasteiger partial charge in [0.05, 0.1) is 11.4 Å². The predicted octanol–water partition coefficient (Wildman–Crippen LogP) is 4.01. The van der Waals surface area contributed by atoms with Gasteiger partial charge in [0.15, 0.2) is 0 Å². The number of aromatic amines is 1. The van der Waals surface area contributed by atoms with E-state index in [0.29, 0.717) is 0 Å². The highest BCUT2D eigenvalue weighted by atomic mass is 15.1. The van der Waals surface area contributed by atoms with E-state index in [1.165, 1.54) is 27.9 Å². The second-order valence-electron chi connectivity index (χ2n) is 6.92. The van der Waals surface area contributed by atoms with Crippen LogP contribution in [0.15, 0.2) is 48.5 Å². The fourth-order valence-electron chi connectivity index (χ4n) is 3.48. The van der Waals surface area contributed by atoms with Crippen molar-refractivity contribution in [3.8, 4) is 22.5 Å². The SMILES string of the molecule is CN(C)CCCNc1ccc(-c2n[nH]c3c2Cc2ccccc2-3)cc1. The monoisotopic (exact) mass is 332 g/mol. The van der Waals surface area contributed by atoms with Gasteiger partial charge in [-0.3, -0.25) is 5.10 Å². The lowest BCUT2D eigenvalue weighted by atomic mass is 10.1. The fourth-order valence-corrected chi connectivity index (χ4v) is 3.48. The van der Waals surface area contributed by atoms with E-state index in [1.54, 1.807) is 0 Å². The number of hydrogen-bond acceptors (Lipinski definition) is 3. The van der Waals surface area contributed by atoms with E-state index in [-0.39, 0.29) is 0 Å². The molecule has 0 fully saturated rings. The molecule has 1 heterocycles. The van der Waals surface area contributed by atoms with E-state index in [4.69, 9.17) is 0 Å². The second-order valence-corrected chi connectivity index (χ2v) is 6.92.